The number of nitrogens with one attached hydrogen (secondary N) is 1. The fraction of sp³-hybridized carbons (Fsp3) is 0.500. The van der Waals surface area contributed by atoms with Gasteiger partial charge in [0.25, 0.3) is 5.91 Å². The van der Waals surface area contributed by atoms with Crippen LogP contribution in [0, 0.1) is 0 Å². The molecule has 1 atom stereocenters. The lowest BCUT2D eigenvalue weighted by atomic mass is 10.3. The predicted octanol–water partition coefficient (Wildman–Crippen LogP) is 0.951. The van der Waals surface area contributed by atoms with Gasteiger partial charge in [-0.2, -0.15) is 23.5 Å². The van der Waals surface area contributed by atoms with Gasteiger partial charge < -0.3 is 14.9 Å². The number of carboxylic acids is 1. The molecule has 1 saturated heterocycles. The zero-order chi connectivity index (χ0) is 13.0. The van der Waals surface area contributed by atoms with Gasteiger partial charge in [-0.05, 0) is 0 Å². The minimum Gasteiger partial charge on any atom is -0.475 e. The van der Waals surface area contributed by atoms with E-state index in [4.69, 9.17) is 5.11 Å². The molecule has 2 heterocycles. The average Bonchev–Trinajstić information content (AvgIpc) is 2.87. The summed E-state index contributed by atoms with van der Waals surface area (Å²) in [4.78, 5) is 22.3. The number of hydrogen-bond donors (Lipinski definition) is 2. The molecule has 0 saturated carbocycles. The van der Waals surface area contributed by atoms with Crippen LogP contribution < -0.4 is 5.32 Å². The van der Waals surface area contributed by atoms with Gasteiger partial charge in [-0.1, -0.05) is 5.16 Å². The third kappa shape index (κ3) is 3.42. The van der Waals surface area contributed by atoms with Gasteiger partial charge in [-0.3, -0.25) is 4.79 Å². The minimum absolute atomic E-state index is 0.000799. The quantitative estimate of drug-likeness (QED) is 0.852. The van der Waals surface area contributed by atoms with Gasteiger partial charge in [0.15, 0.2) is 5.69 Å². The molecule has 0 bridgehead atoms. The number of thioether (sulfide) groups is 2. The lowest BCUT2D eigenvalue weighted by Crippen LogP contribution is -2.33. The van der Waals surface area contributed by atoms with Gasteiger partial charge in [-0.25, -0.2) is 4.79 Å². The van der Waals surface area contributed by atoms with Crippen molar-refractivity contribution in [2.75, 3.05) is 23.8 Å². The van der Waals surface area contributed by atoms with Crippen LogP contribution in [0.4, 0.5) is 0 Å². The second-order valence-electron chi connectivity index (χ2n) is 3.66. The average molecular weight is 288 g/mol. The molecule has 1 amide bonds. The van der Waals surface area contributed by atoms with Crippen molar-refractivity contribution in [1.29, 1.82) is 0 Å². The number of rotatable bonds is 4. The van der Waals surface area contributed by atoms with E-state index in [1.807, 2.05) is 23.5 Å². The number of aromatic nitrogens is 1. The summed E-state index contributed by atoms with van der Waals surface area (Å²) in [6, 6.07) is 1.13. The maximum absolute atomic E-state index is 11.7. The molecule has 1 unspecified atom stereocenters. The Labute approximate surface area is 112 Å². The summed E-state index contributed by atoms with van der Waals surface area (Å²) in [7, 11) is 0. The second-order valence-corrected chi connectivity index (χ2v) is 6.22. The molecular weight excluding hydrogens is 276 g/mol. The van der Waals surface area contributed by atoms with E-state index in [0.29, 0.717) is 11.8 Å². The number of hydrogen-bond acceptors (Lipinski definition) is 6. The predicted molar refractivity (Wildman–Crippen MR) is 69.4 cm³/mol. The summed E-state index contributed by atoms with van der Waals surface area (Å²) >= 11 is 3.71. The molecular formula is C10H12N2O4S2. The van der Waals surface area contributed by atoms with E-state index in [9.17, 15) is 9.59 Å². The van der Waals surface area contributed by atoms with E-state index in [1.165, 1.54) is 0 Å². The van der Waals surface area contributed by atoms with E-state index < -0.39 is 11.9 Å². The number of amides is 1. The van der Waals surface area contributed by atoms with Crippen molar-refractivity contribution in [3.05, 3.63) is 17.5 Å². The third-order valence-electron chi connectivity index (χ3n) is 2.33. The Morgan fingerprint density at radius 3 is 3.00 bits per heavy atom. The van der Waals surface area contributed by atoms with Gasteiger partial charge in [0.05, 0.1) is 0 Å². The smallest absolute Gasteiger partial charge is 0.374 e. The van der Waals surface area contributed by atoms with Crippen LogP contribution in [0.5, 0.6) is 0 Å². The van der Waals surface area contributed by atoms with Gasteiger partial charge in [0, 0.05) is 35.1 Å². The first-order valence-corrected chi connectivity index (χ1v) is 7.54. The molecule has 0 spiro atoms. The zero-order valence-electron chi connectivity index (χ0n) is 9.42. The third-order valence-corrected chi connectivity index (χ3v) is 5.17. The van der Waals surface area contributed by atoms with E-state index >= 15 is 0 Å². The van der Waals surface area contributed by atoms with Crippen LogP contribution in [0.25, 0.3) is 0 Å². The molecule has 1 aliphatic rings. The highest BCUT2D eigenvalue weighted by Crippen LogP contribution is 2.23. The molecule has 0 aromatic carbocycles. The molecule has 0 aliphatic carbocycles. The Balaban J connectivity index is 1.84. The van der Waals surface area contributed by atoms with Crippen molar-refractivity contribution in [3.63, 3.8) is 0 Å². The Morgan fingerprint density at radius 1 is 1.56 bits per heavy atom. The van der Waals surface area contributed by atoms with Crippen molar-refractivity contribution in [2.24, 2.45) is 0 Å². The first-order valence-electron chi connectivity index (χ1n) is 5.34. The van der Waals surface area contributed by atoms with Crippen LogP contribution >= 0.6 is 23.5 Å². The molecule has 2 N–H and O–H groups in total. The van der Waals surface area contributed by atoms with Gasteiger partial charge in [0.1, 0.15) is 0 Å². The summed E-state index contributed by atoms with van der Waals surface area (Å²) in [6.45, 7) is 0.561. The molecule has 0 radical (unpaired) electrons. The standard InChI is InChI=1S/C10H12N2O4S2/c13-9(7-3-8(10(14)15)16-12-7)11-4-6-5-17-1-2-18-6/h3,6H,1-2,4-5H2,(H,11,13)(H,14,15). The van der Waals surface area contributed by atoms with E-state index in [-0.39, 0.29) is 11.5 Å². The van der Waals surface area contributed by atoms with Crippen LogP contribution in [0.3, 0.4) is 0 Å². The maximum Gasteiger partial charge on any atom is 0.374 e. The summed E-state index contributed by atoms with van der Waals surface area (Å²) in [5, 5.41) is 15.2. The van der Waals surface area contributed by atoms with Crippen LogP contribution in [-0.2, 0) is 0 Å². The molecule has 18 heavy (non-hydrogen) atoms. The number of nitrogens with zero attached hydrogens (tertiary/aromatic N) is 1. The zero-order valence-corrected chi connectivity index (χ0v) is 11.1. The van der Waals surface area contributed by atoms with Gasteiger partial charge in [-0.15, -0.1) is 0 Å². The number of carboxylic acid groups (broad SMARTS) is 1. The minimum atomic E-state index is -1.24. The topological polar surface area (TPSA) is 92.4 Å². The highest BCUT2D eigenvalue weighted by Gasteiger charge is 2.19. The molecule has 1 aromatic rings. The summed E-state index contributed by atoms with van der Waals surface area (Å²) in [5.41, 5.74) is 0.000799. The SMILES string of the molecule is O=C(NCC1CSCCS1)c1cc(C(=O)O)on1. The second kappa shape index (κ2) is 6.14. The highest BCUT2D eigenvalue weighted by molar-refractivity contribution is 8.06. The Hall–Kier alpha value is -1.15. The molecule has 6 nitrogen and oxygen atoms in total. The molecule has 1 aromatic heterocycles. The first-order chi connectivity index (χ1) is 8.66. The number of carbonyl (C=O) groups excluding carboxylic acids is 1. The van der Waals surface area contributed by atoms with Crippen LogP contribution in [0.1, 0.15) is 21.0 Å². The van der Waals surface area contributed by atoms with Crippen LogP contribution in [0.2, 0.25) is 0 Å². The number of aromatic carboxylic acids is 1. The molecule has 8 heteroatoms. The summed E-state index contributed by atoms with van der Waals surface area (Å²) in [5.74, 6) is 1.30. The Morgan fingerprint density at radius 2 is 2.39 bits per heavy atom. The fourth-order valence-electron chi connectivity index (χ4n) is 1.43. The van der Waals surface area contributed by atoms with Crippen LogP contribution in [-0.4, -0.2) is 51.2 Å². The normalized spacial score (nSPS) is 19.4. The van der Waals surface area contributed by atoms with Crippen molar-refractivity contribution in [2.45, 2.75) is 5.25 Å². The Bertz CT molecular complexity index is 443. The molecule has 1 fully saturated rings. The van der Waals surface area contributed by atoms with E-state index in [2.05, 4.69) is 15.0 Å². The van der Waals surface area contributed by atoms with Crippen LogP contribution in [0.15, 0.2) is 10.6 Å². The summed E-state index contributed by atoms with van der Waals surface area (Å²) in [6.07, 6.45) is 0. The molecule has 98 valence electrons. The largest absolute Gasteiger partial charge is 0.475 e. The van der Waals surface area contributed by atoms with Gasteiger partial charge >= 0.3 is 5.97 Å². The van der Waals surface area contributed by atoms with Crippen molar-refractivity contribution in [1.82, 2.24) is 10.5 Å². The van der Waals surface area contributed by atoms with Gasteiger partial charge in [0.2, 0.25) is 5.76 Å². The monoisotopic (exact) mass is 288 g/mol. The van der Waals surface area contributed by atoms with E-state index in [0.717, 1.165) is 23.3 Å². The molecule has 1 aliphatic heterocycles. The molecule has 2 rings (SSSR count). The van der Waals surface area contributed by atoms with Crippen molar-refractivity contribution < 1.29 is 19.2 Å². The number of carbonyl (C=O) groups is 2. The lowest BCUT2D eigenvalue weighted by Gasteiger charge is -2.20. The Kier molecular flexibility index (Phi) is 4.54. The fourth-order valence-corrected chi connectivity index (χ4v) is 4.05. The lowest BCUT2D eigenvalue weighted by molar-refractivity contribution is 0.0651. The maximum atomic E-state index is 11.7. The first kappa shape index (κ1) is 13.3. The van der Waals surface area contributed by atoms with Crippen molar-refractivity contribution >= 4 is 35.4 Å². The summed E-state index contributed by atoms with van der Waals surface area (Å²) < 4.78 is 4.52. The highest BCUT2D eigenvalue weighted by atomic mass is 32.2. The van der Waals surface area contributed by atoms with Crippen molar-refractivity contribution in [3.8, 4) is 0 Å². The van der Waals surface area contributed by atoms with E-state index in [1.54, 1.807) is 0 Å².